The van der Waals surface area contributed by atoms with Gasteiger partial charge in [-0.25, -0.2) is 4.39 Å². The van der Waals surface area contributed by atoms with Gasteiger partial charge in [-0.3, -0.25) is 4.79 Å². The van der Waals surface area contributed by atoms with E-state index in [1.807, 2.05) is 0 Å². The highest BCUT2D eigenvalue weighted by Crippen LogP contribution is 2.47. The fourth-order valence-corrected chi connectivity index (χ4v) is 3.58. The second-order valence-electron chi connectivity index (χ2n) is 5.66. The van der Waals surface area contributed by atoms with E-state index in [0.717, 1.165) is 18.4 Å². The van der Waals surface area contributed by atoms with Gasteiger partial charge in [0.2, 0.25) is 0 Å². The third-order valence-corrected chi connectivity index (χ3v) is 4.50. The zero-order valence-corrected chi connectivity index (χ0v) is 10.4. The Hall–Kier alpha value is -1.38. The Bertz CT molecular complexity index is 460. The van der Waals surface area contributed by atoms with Crippen molar-refractivity contribution in [1.82, 2.24) is 5.32 Å². The predicted molar refractivity (Wildman–Crippen MR) is 67.7 cm³/mol. The lowest BCUT2D eigenvalue weighted by Crippen LogP contribution is -2.31. The molecule has 2 nitrogen and oxygen atoms in total. The van der Waals surface area contributed by atoms with E-state index in [2.05, 4.69) is 5.32 Å². The Labute approximate surface area is 107 Å². The molecule has 2 aliphatic rings. The topological polar surface area (TPSA) is 29.1 Å². The van der Waals surface area contributed by atoms with Crippen molar-refractivity contribution in [3.63, 3.8) is 0 Å². The Kier molecular flexibility index (Phi) is 3.06. The van der Waals surface area contributed by atoms with Gasteiger partial charge >= 0.3 is 0 Å². The summed E-state index contributed by atoms with van der Waals surface area (Å²) >= 11 is 0. The maximum absolute atomic E-state index is 13.0. The van der Waals surface area contributed by atoms with Crippen LogP contribution in [-0.2, 0) is 0 Å². The third kappa shape index (κ3) is 2.26. The molecule has 3 atom stereocenters. The fraction of sp³-hybridized carbons (Fsp3) is 0.533. The minimum Gasteiger partial charge on any atom is -0.352 e. The molecule has 0 spiro atoms. The van der Waals surface area contributed by atoms with Crippen molar-refractivity contribution in [2.24, 2.45) is 17.8 Å². The highest BCUT2D eigenvalue weighted by Gasteiger charge is 2.39. The van der Waals surface area contributed by atoms with Crippen LogP contribution in [0.3, 0.4) is 0 Å². The first-order chi connectivity index (χ1) is 8.72. The molecule has 2 bridgehead atoms. The monoisotopic (exact) mass is 247 g/mol. The highest BCUT2D eigenvalue weighted by atomic mass is 19.1. The summed E-state index contributed by atoms with van der Waals surface area (Å²) in [5, 5.41) is 2.95. The van der Waals surface area contributed by atoms with Crippen LogP contribution in [0.1, 0.15) is 36.0 Å². The number of carbonyl (C=O) groups is 1. The van der Waals surface area contributed by atoms with Crippen molar-refractivity contribution in [2.45, 2.75) is 25.7 Å². The van der Waals surface area contributed by atoms with Crippen molar-refractivity contribution < 1.29 is 9.18 Å². The van der Waals surface area contributed by atoms with Crippen LogP contribution in [0.5, 0.6) is 0 Å². The van der Waals surface area contributed by atoms with E-state index in [9.17, 15) is 9.18 Å². The molecule has 18 heavy (non-hydrogen) atoms. The molecule has 1 aromatic carbocycles. The average Bonchev–Trinajstić information content (AvgIpc) is 2.98. The smallest absolute Gasteiger partial charge is 0.251 e. The summed E-state index contributed by atoms with van der Waals surface area (Å²) in [7, 11) is 0. The van der Waals surface area contributed by atoms with Crippen molar-refractivity contribution in [3.8, 4) is 0 Å². The molecule has 3 rings (SSSR count). The number of amides is 1. The van der Waals surface area contributed by atoms with Crippen LogP contribution in [-0.4, -0.2) is 12.5 Å². The van der Waals surface area contributed by atoms with Gasteiger partial charge in [-0.05, 0) is 55.2 Å². The summed E-state index contributed by atoms with van der Waals surface area (Å²) in [6.45, 7) is 0.747. The number of carbonyl (C=O) groups excluding carboxylic acids is 1. The van der Waals surface area contributed by atoms with E-state index in [0.29, 0.717) is 11.5 Å². The standard InChI is InChI=1S/C15H18FNO/c16-14-3-1-2-12(8-14)15(18)17-9-13-7-10-4-5-11(13)6-10/h1-3,8,10-11,13H,4-7,9H2,(H,17,18)/t10-,11-,13-/m1/s1. The summed E-state index contributed by atoms with van der Waals surface area (Å²) in [4.78, 5) is 11.9. The number of halogens is 1. The van der Waals surface area contributed by atoms with Crippen LogP contribution in [0.15, 0.2) is 24.3 Å². The minimum atomic E-state index is -0.359. The normalized spacial score (nSPS) is 29.5. The molecule has 0 heterocycles. The number of nitrogens with one attached hydrogen (secondary N) is 1. The number of fused-ring (bicyclic) bond motifs is 2. The van der Waals surface area contributed by atoms with Crippen LogP contribution >= 0.6 is 0 Å². The zero-order chi connectivity index (χ0) is 12.5. The average molecular weight is 247 g/mol. The lowest BCUT2D eigenvalue weighted by Gasteiger charge is -2.21. The number of rotatable bonds is 3. The van der Waals surface area contributed by atoms with Gasteiger partial charge in [-0.15, -0.1) is 0 Å². The first-order valence-electron chi connectivity index (χ1n) is 6.76. The Morgan fingerprint density at radius 1 is 1.33 bits per heavy atom. The highest BCUT2D eigenvalue weighted by molar-refractivity contribution is 5.94. The quantitative estimate of drug-likeness (QED) is 0.874. The van der Waals surface area contributed by atoms with E-state index >= 15 is 0 Å². The molecule has 0 saturated heterocycles. The molecule has 3 heteroatoms. The maximum Gasteiger partial charge on any atom is 0.251 e. The molecule has 0 aromatic heterocycles. The van der Waals surface area contributed by atoms with Gasteiger partial charge in [0.1, 0.15) is 5.82 Å². The summed E-state index contributed by atoms with van der Waals surface area (Å²) in [5.74, 6) is 1.83. The van der Waals surface area contributed by atoms with E-state index < -0.39 is 0 Å². The molecule has 2 aliphatic carbocycles. The van der Waals surface area contributed by atoms with Crippen LogP contribution in [0.4, 0.5) is 4.39 Å². The summed E-state index contributed by atoms with van der Waals surface area (Å²) in [5.41, 5.74) is 0.415. The van der Waals surface area contributed by atoms with Crippen LogP contribution in [0.2, 0.25) is 0 Å². The van der Waals surface area contributed by atoms with Crippen LogP contribution < -0.4 is 5.32 Å². The summed E-state index contributed by atoms with van der Waals surface area (Å²) in [6, 6.07) is 5.86. The van der Waals surface area contributed by atoms with Crippen molar-refractivity contribution in [1.29, 1.82) is 0 Å². The lowest BCUT2D eigenvalue weighted by molar-refractivity contribution is 0.0941. The molecule has 1 amide bonds. The van der Waals surface area contributed by atoms with Gasteiger partial charge < -0.3 is 5.32 Å². The van der Waals surface area contributed by atoms with Crippen molar-refractivity contribution in [3.05, 3.63) is 35.6 Å². The Morgan fingerprint density at radius 3 is 2.89 bits per heavy atom. The van der Waals surface area contributed by atoms with Gasteiger partial charge in [0, 0.05) is 12.1 Å². The van der Waals surface area contributed by atoms with Crippen LogP contribution in [0.25, 0.3) is 0 Å². The Balaban J connectivity index is 1.56. The van der Waals surface area contributed by atoms with Crippen molar-refractivity contribution >= 4 is 5.91 Å². The molecule has 0 unspecified atom stereocenters. The van der Waals surface area contributed by atoms with Gasteiger partial charge in [0.15, 0.2) is 0 Å². The first kappa shape index (κ1) is 11.7. The maximum atomic E-state index is 13.0. The minimum absolute atomic E-state index is 0.155. The number of benzene rings is 1. The lowest BCUT2D eigenvalue weighted by atomic mass is 9.89. The van der Waals surface area contributed by atoms with E-state index in [4.69, 9.17) is 0 Å². The largest absolute Gasteiger partial charge is 0.352 e. The van der Waals surface area contributed by atoms with Gasteiger partial charge in [0.05, 0.1) is 0 Å². The molecular formula is C15H18FNO. The van der Waals surface area contributed by atoms with Gasteiger partial charge in [-0.2, -0.15) is 0 Å². The molecule has 1 aromatic rings. The SMILES string of the molecule is O=C(NC[C@H]1C[C@@H]2CC[C@@H]1C2)c1cccc(F)c1. The van der Waals surface area contributed by atoms with E-state index in [1.54, 1.807) is 12.1 Å². The van der Waals surface area contributed by atoms with Gasteiger partial charge in [-0.1, -0.05) is 12.5 Å². The molecule has 0 radical (unpaired) electrons. The Morgan fingerprint density at radius 2 is 2.22 bits per heavy atom. The van der Waals surface area contributed by atoms with Crippen LogP contribution in [0, 0.1) is 23.6 Å². The second kappa shape index (κ2) is 4.71. The molecule has 96 valence electrons. The molecule has 2 saturated carbocycles. The second-order valence-corrected chi connectivity index (χ2v) is 5.66. The molecule has 2 fully saturated rings. The molecule has 0 aliphatic heterocycles. The zero-order valence-electron chi connectivity index (χ0n) is 10.4. The van der Waals surface area contributed by atoms with E-state index in [1.165, 1.54) is 37.8 Å². The van der Waals surface area contributed by atoms with Gasteiger partial charge in [0.25, 0.3) is 5.91 Å². The number of hydrogen-bond donors (Lipinski definition) is 1. The molecular weight excluding hydrogens is 229 g/mol. The third-order valence-electron chi connectivity index (χ3n) is 4.50. The fourth-order valence-electron chi connectivity index (χ4n) is 3.58. The van der Waals surface area contributed by atoms with Crippen molar-refractivity contribution in [2.75, 3.05) is 6.54 Å². The first-order valence-corrected chi connectivity index (χ1v) is 6.76. The molecule has 1 N–H and O–H groups in total. The summed E-state index contributed by atoms with van der Waals surface area (Å²) in [6.07, 6.45) is 5.30. The predicted octanol–water partition coefficient (Wildman–Crippen LogP) is 2.99. The van der Waals surface area contributed by atoms with E-state index in [-0.39, 0.29) is 11.7 Å². The number of hydrogen-bond acceptors (Lipinski definition) is 1. The summed E-state index contributed by atoms with van der Waals surface area (Å²) < 4.78 is 13.0.